The lowest BCUT2D eigenvalue weighted by atomic mass is 10.3. The average molecular weight is 130 g/mol. The highest BCUT2D eigenvalue weighted by molar-refractivity contribution is 4.36. The fraction of sp³-hybridized carbons (Fsp3) is 0.857. The van der Waals surface area contributed by atoms with E-state index in [4.69, 9.17) is 4.84 Å². The number of hydrogen-bond donors (Lipinski definition) is 1. The molecule has 0 heterocycles. The lowest BCUT2D eigenvalue weighted by molar-refractivity contribution is 0.0456. The third-order valence-corrected chi connectivity index (χ3v) is 1.05. The van der Waals surface area contributed by atoms with Gasteiger partial charge in [0.25, 0.3) is 0 Å². The van der Waals surface area contributed by atoms with E-state index in [1.807, 2.05) is 0 Å². The second-order valence-corrected chi connectivity index (χ2v) is 1.95. The van der Waals surface area contributed by atoms with Crippen molar-refractivity contribution in [3.05, 3.63) is 6.92 Å². The van der Waals surface area contributed by atoms with Gasteiger partial charge >= 0.3 is 0 Å². The van der Waals surface area contributed by atoms with Crippen LogP contribution in [-0.4, -0.2) is 13.2 Å². The van der Waals surface area contributed by atoms with Crippen LogP contribution in [0.25, 0.3) is 0 Å². The van der Waals surface area contributed by atoms with Gasteiger partial charge < -0.3 is 4.84 Å². The van der Waals surface area contributed by atoms with Crippen molar-refractivity contribution < 1.29 is 4.84 Å². The number of hydroxylamine groups is 1. The fourth-order valence-corrected chi connectivity index (χ4v) is 0.569. The standard InChI is InChI=1S/C7H16NO/c1-3-5-6-7-9-8-4-2/h8H,2-7H2,1H3. The van der Waals surface area contributed by atoms with Gasteiger partial charge in [-0.2, -0.15) is 0 Å². The molecule has 0 saturated carbocycles. The number of hydrogen-bond acceptors (Lipinski definition) is 2. The first-order chi connectivity index (χ1) is 4.41. The zero-order valence-electron chi connectivity index (χ0n) is 6.15. The van der Waals surface area contributed by atoms with Gasteiger partial charge in [-0.05, 0) is 13.3 Å². The summed E-state index contributed by atoms with van der Waals surface area (Å²) in [5.41, 5.74) is 2.70. The molecule has 2 heteroatoms. The summed E-state index contributed by atoms with van der Waals surface area (Å²) in [6.45, 7) is 7.20. The van der Waals surface area contributed by atoms with Gasteiger partial charge in [0.1, 0.15) is 0 Å². The van der Waals surface area contributed by atoms with Crippen molar-refractivity contribution in [1.29, 1.82) is 0 Å². The molecule has 1 radical (unpaired) electrons. The van der Waals surface area contributed by atoms with Crippen LogP contribution >= 0.6 is 0 Å². The minimum atomic E-state index is 0.645. The zero-order valence-corrected chi connectivity index (χ0v) is 6.15. The lowest BCUT2D eigenvalue weighted by Crippen LogP contribution is -2.14. The van der Waals surface area contributed by atoms with E-state index >= 15 is 0 Å². The monoisotopic (exact) mass is 130 g/mol. The predicted molar refractivity (Wildman–Crippen MR) is 38.8 cm³/mol. The summed E-state index contributed by atoms with van der Waals surface area (Å²) in [6, 6.07) is 0. The van der Waals surface area contributed by atoms with E-state index in [0.29, 0.717) is 6.54 Å². The Labute approximate surface area is 57.5 Å². The van der Waals surface area contributed by atoms with Crippen LogP contribution in [0.15, 0.2) is 0 Å². The lowest BCUT2D eigenvalue weighted by Gasteiger charge is -2.00. The molecule has 0 aliphatic heterocycles. The van der Waals surface area contributed by atoms with Crippen molar-refractivity contribution in [3.8, 4) is 0 Å². The van der Waals surface area contributed by atoms with E-state index in [1.54, 1.807) is 0 Å². The molecule has 0 aliphatic carbocycles. The Morgan fingerprint density at radius 1 is 1.44 bits per heavy atom. The highest BCUT2D eigenvalue weighted by Gasteiger charge is 1.84. The molecular formula is C7H16NO. The van der Waals surface area contributed by atoms with Crippen LogP contribution in [0.4, 0.5) is 0 Å². The first-order valence-electron chi connectivity index (χ1n) is 3.55. The molecule has 55 valence electrons. The second kappa shape index (κ2) is 7.92. The molecule has 0 fully saturated rings. The van der Waals surface area contributed by atoms with Gasteiger partial charge in [-0.3, -0.25) is 0 Å². The van der Waals surface area contributed by atoms with Crippen molar-refractivity contribution in [2.24, 2.45) is 0 Å². The molecule has 0 aliphatic rings. The SMILES string of the molecule is [CH2]CNOCCCCC. The molecular weight excluding hydrogens is 114 g/mol. The summed E-state index contributed by atoms with van der Waals surface area (Å²) in [6.07, 6.45) is 3.63. The topological polar surface area (TPSA) is 21.3 Å². The molecule has 0 unspecified atom stereocenters. The first kappa shape index (κ1) is 8.92. The van der Waals surface area contributed by atoms with Crippen molar-refractivity contribution in [3.63, 3.8) is 0 Å². The number of unbranched alkanes of at least 4 members (excludes halogenated alkanes) is 2. The summed E-state index contributed by atoms with van der Waals surface area (Å²) in [4.78, 5) is 4.97. The second-order valence-electron chi connectivity index (χ2n) is 1.95. The van der Waals surface area contributed by atoms with Gasteiger partial charge in [-0.25, -0.2) is 5.48 Å². The largest absolute Gasteiger partial charge is 0.302 e. The molecule has 2 nitrogen and oxygen atoms in total. The third-order valence-electron chi connectivity index (χ3n) is 1.05. The summed E-state index contributed by atoms with van der Waals surface area (Å²) < 4.78 is 0. The maximum Gasteiger partial charge on any atom is 0.0682 e. The van der Waals surface area contributed by atoms with Gasteiger partial charge in [0.05, 0.1) is 6.61 Å². The number of rotatable bonds is 6. The number of nitrogens with one attached hydrogen (secondary N) is 1. The van der Waals surface area contributed by atoms with Gasteiger partial charge in [-0.15, -0.1) is 0 Å². The third kappa shape index (κ3) is 7.92. The summed E-state index contributed by atoms with van der Waals surface area (Å²) in [7, 11) is 0. The molecule has 0 spiro atoms. The van der Waals surface area contributed by atoms with Crippen LogP contribution in [0.3, 0.4) is 0 Å². The predicted octanol–water partition coefficient (Wildman–Crippen LogP) is 1.53. The smallest absolute Gasteiger partial charge is 0.0682 e. The van der Waals surface area contributed by atoms with Gasteiger partial charge in [-0.1, -0.05) is 19.8 Å². The van der Waals surface area contributed by atoms with Gasteiger partial charge in [0.2, 0.25) is 0 Å². The van der Waals surface area contributed by atoms with Crippen LogP contribution in [0.2, 0.25) is 0 Å². The van der Waals surface area contributed by atoms with E-state index < -0.39 is 0 Å². The molecule has 1 N–H and O–H groups in total. The van der Waals surface area contributed by atoms with Crippen molar-refractivity contribution >= 4 is 0 Å². The maximum atomic E-state index is 4.97. The summed E-state index contributed by atoms with van der Waals surface area (Å²) >= 11 is 0. The van der Waals surface area contributed by atoms with E-state index in [9.17, 15) is 0 Å². The molecule has 0 aromatic heterocycles. The van der Waals surface area contributed by atoms with Gasteiger partial charge in [0.15, 0.2) is 0 Å². The van der Waals surface area contributed by atoms with Crippen LogP contribution in [0.1, 0.15) is 26.2 Å². The molecule has 0 aromatic carbocycles. The van der Waals surface area contributed by atoms with Gasteiger partial charge in [0, 0.05) is 6.54 Å². The minimum Gasteiger partial charge on any atom is -0.302 e. The normalized spacial score (nSPS) is 10.0. The maximum absolute atomic E-state index is 4.97. The highest BCUT2D eigenvalue weighted by atomic mass is 16.6. The molecule has 0 amide bonds. The Hall–Kier alpha value is -0.0800. The van der Waals surface area contributed by atoms with Crippen molar-refractivity contribution in [1.82, 2.24) is 5.48 Å². The summed E-state index contributed by atoms with van der Waals surface area (Å²) in [5.74, 6) is 0. The summed E-state index contributed by atoms with van der Waals surface area (Å²) in [5, 5.41) is 0. The quantitative estimate of drug-likeness (QED) is 0.435. The molecule has 0 saturated heterocycles. The molecule has 0 bridgehead atoms. The minimum absolute atomic E-state index is 0.645. The van der Waals surface area contributed by atoms with Crippen LogP contribution in [0.5, 0.6) is 0 Å². The van der Waals surface area contributed by atoms with E-state index in [1.165, 1.54) is 12.8 Å². The Kier molecular flexibility index (Phi) is 7.85. The van der Waals surface area contributed by atoms with E-state index in [2.05, 4.69) is 19.3 Å². The Balaban J connectivity index is 2.60. The van der Waals surface area contributed by atoms with Crippen LogP contribution in [-0.2, 0) is 4.84 Å². The fourth-order valence-electron chi connectivity index (χ4n) is 0.569. The van der Waals surface area contributed by atoms with Crippen LogP contribution in [0, 0.1) is 6.92 Å². The molecule has 0 aromatic rings. The average Bonchev–Trinajstić information content (AvgIpc) is 1.89. The molecule has 0 rings (SSSR count). The molecule has 9 heavy (non-hydrogen) atoms. The Bertz CT molecular complexity index is 42.2. The first-order valence-corrected chi connectivity index (χ1v) is 3.55. The zero-order chi connectivity index (χ0) is 6.95. The Morgan fingerprint density at radius 3 is 2.78 bits per heavy atom. The highest BCUT2D eigenvalue weighted by Crippen LogP contribution is 1.91. The van der Waals surface area contributed by atoms with E-state index in [0.717, 1.165) is 13.0 Å². The van der Waals surface area contributed by atoms with Crippen molar-refractivity contribution in [2.45, 2.75) is 26.2 Å². The van der Waals surface area contributed by atoms with Crippen LogP contribution < -0.4 is 5.48 Å². The van der Waals surface area contributed by atoms with Crippen molar-refractivity contribution in [2.75, 3.05) is 13.2 Å². The molecule has 0 atom stereocenters. The Morgan fingerprint density at radius 2 is 2.22 bits per heavy atom. The van der Waals surface area contributed by atoms with E-state index in [-0.39, 0.29) is 0 Å².